The normalized spacial score (nSPS) is 19.2. The molecule has 1 aromatic rings. The minimum Gasteiger partial charge on any atom is -0.319 e. The van der Waals surface area contributed by atoms with Crippen LogP contribution in [0.25, 0.3) is 0 Å². The maximum atomic E-state index is 11.7. The first-order valence-electron chi connectivity index (χ1n) is 3.70. The molecule has 0 unspecified atom stereocenters. The Bertz CT molecular complexity index is 330. The Morgan fingerprint density at radius 3 is 2.75 bits per heavy atom. The maximum absolute atomic E-state index is 11.7. The van der Waals surface area contributed by atoms with Gasteiger partial charge in [0.25, 0.3) is 0 Å². The summed E-state index contributed by atoms with van der Waals surface area (Å²) >= 11 is 4.77. The Morgan fingerprint density at radius 1 is 1.67 bits per heavy atom. The van der Waals surface area contributed by atoms with Crippen LogP contribution in [0.3, 0.4) is 0 Å². The van der Waals surface area contributed by atoms with Gasteiger partial charge < -0.3 is 5.73 Å². The highest BCUT2D eigenvalue weighted by Gasteiger charge is 2.46. The van der Waals surface area contributed by atoms with Crippen LogP contribution < -0.4 is 5.73 Å². The van der Waals surface area contributed by atoms with Gasteiger partial charge in [-0.15, -0.1) is 11.3 Å². The van der Waals surface area contributed by atoms with E-state index in [0.29, 0.717) is 0 Å². The number of nitrogens with two attached hydrogens (primary N) is 1. The predicted molar refractivity (Wildman–Crippen MR) is 52.5 cm³/mol. The SMILES string of the molecule is NC1(C(=O)c2sccc2Br)CC1. The lowest BCUT2D eigenvalue weighted by Crippen LogP contribution is -2.32. The molecule has 0 bridgehead atoms. The van der Waals surface area contributed by atoms with E-state index >= 15 is 0 Å². The molecule has 1 saturated carbocycles. The van der Waals surface area contributed by atoms with Gasteiger partial charge in [0.2, 0.25) is 0 Å². The number of ketones is 1. The van der Waals surface area contributed by atoms with Crippen LogP contribution in [0.15, 0.2) is 15.9 Å². The molecule has 1 aliphatic carbocycles. The molecular weight excluding hydrogens is 238 g/mol. The minimum absolute atomic E-state index is 0.0874. The Balaban J connectivity index is 2.31. The molecule has 1 fully saturated rings. The van der Waals surface area contributed by atoms with Gasteiger partial charge in [-0.25, -0.2) is 0 Å². The molecule has 0 aromatic carbocycles. The number of carbonyl (C=O) groups excluding carboxylic acids is 1. The van der Waals surface area contributed by atoms with Crippen molar-refractivity contribution in [3.63, 3.8) is 0 Å². The lowest BCUT2D eigenvalue weighted by Gasteiger charge is -2.04. The van der Waals surface area contributed by atoms with Crippen LogP contribution in [-0.2, 0) is 0 Å². The average molecular weight is 246 g/mol. The summed E-state index contributed by atoms with van der Waals surface area (Å²) in [5.74, 6) is 0.0874. The van der Waals surface area contributed by atoms with E-state index in [1.165, 1.54) is 11.3 Å². The van der Waals surface area contributed by atoms with Crippen LogP contribution in [0, 0.1) is 0 Å². The monoisotopic (exact) mass is 245 g/mol. The van der Waals surface area contributed by atoms with Crippen LogP contribution in [0.5, 0.6) is 0 Å². The molecule has 4 heteroatoms. The highest BCUT2D eigenvalue weighted by atomic mass is 79.9. The summed E-state index contributed by atoms with van der Waals surface area (Å²) < 4.78 is 0.870. The van der Waals surface area contributed by atoms with Crippen LogP contribution in [0.4, 0.5) is 0 Å². The number of hydrogen-bond donors (Lipinski definition) is 1. The highest BCUT2D eigenvalue weighted by molar-refractivity contribution is 9.10. The van der Waals surface area contributed by atoms with Crippen molar-refractivity contribution in [1.82, 2.24) is 0 Å². The number of hydrogen-bond acceptors (Lipinski definition) is 3. The van der Waals surface area contributed by atoms with Crippen LogP contribution in [0.1, 0.15) is 22.5 Å². The molecule has 0 radical (unpaired) electrons. The molecule has 2 nitrogen and oxygen atoms in total. The number of Topliss-reactive ketones (excluding diaryl/α,β-unsaturated/α-hetero) is 1. The fraction of sp³-hybridized carbons (Fsp3) is 0.375. The molecule has 64 valence electrons. The van der Waals surface area contributed by atoms with Crippen LogP contribution in [0.2, 0.25) is 0 Å². The zero-order valence-electron chi connectivity index (χ0n) is 6.34. The highest BCUT2D eigenvalue weighted by Crippen LogP contribution is 2.38. The second kappa shape index (κ2) is 2.65. The second-order valence-electron chi connectivity index (χ2n) is 3.08. The number of halogens is 1. The number of thiophene rings is 1. The Morgan fingerprint density at radius 2 is 2.33 bits per heavy atom. The molecule has 0 saturated heterocycles. The summed E-state index contributed by atoms with van der Waals surface area (Å²) in [7, 11) is 0. The van der Waals surface area contributed by atoms with Gasteiger partial charge >= 0.3 is 0 Å². The Labute approximate surface area is 82.9 Å². The molecule has 0 spiro atoms. The molecule has 0 amide bonds. The second-order valence-corrected chi connectivity index (χ2v) is 4.85. The largest absolute Gasteiger partial charge is 0.319 e. The summed E-state index contributed by atoms with van der Waals surface area (Å²) in [4.78, 5) is 12.4. The minimum atomic E-state index is -0.534. The van der Waals surface area contributed by atoms with Gasteiger partial charge in [0, 0.05) is 4.47 Å². The van der Waals surface area contributed by atoms with Crippen LogP contribution >= 0.6 is 27.3 Å². The fourth-order valence-electron chi connectivity index (χ4n) is 1.04. The summed E-state index contributed by atoms with van der Waals surface area (Å²) in [6.45, 7) is 0. The topological polar surface area (TPSA) is 43.1 Å². The summed E-state index contributed by atoms with van der Waals surface area (Å²) in [5, 5.41) is 1.89. The van der Waals surface area contributed by atoms with E-state index in [2.05, 4.69) is 15.9 Å². The van der Waals surface area contributed by atoms with E-state index in [0.717, 1.165) is 22.2 Å². The van der Waals surface area contributed by atoms with Gasteiger partial charge in [0.1, 0.15) is 0 Å². The van der Waals surface area contributed by atoms with Crippen molar-refractivity contribution in [1.29, 1.82) is 0 Å². The molecule has 1 heterocycles. The lowest BCUT2D eigenvalue weighted by atomic mass is 10.1. The molecule has 1 aliphatic rings. The molecule has 2 N–H and O–H groups in total. The first-order chi connectivity index (χ1) is 5.63. The van der Waals surface area contributed by atoms with E-state index in [9.17, 15) is 4.79 Å². The molecule has 0 atom stereocenters. The van der Waals surface area contributed by atoms with Gasteiger partial charge in [-0.2, -0.15) is 0 Å². The molecule has 1 aromatic heterocycles. The van der Waals surface area contributed by atoms with Gasteiger partial charge in [-0.05, 0) is 40.2 Å². The number of rotatable bonds is 2. The van der Waals surface area contributed by atoms with E-state index in [-0.39, 0.29) is 5.78 Å². The third kappa shape index (κ3) is 1.24. The lowest BCUT2D eigenvalue weighted by molar-refractivity contribution is 0.0952. The van der Waals surface area contributed by atoms with E-state index in [4.69, 9.17) is 5.73 Å². The van der Waals surface area contributed by atoms with Gasteiger partial charge in [-0.1, -0.05) is 0 Å². The maximum Gasteiger partial charge on any atom is 0.193 e. The summed E-state index contributed by atoms with van der Waals surface area (Å²) in [6, 6.07) is 1.88. The van der Waals surface area contributed by atoms with Crippen molar-refractivity contribution in [2.24, 2.45) is 5.73 Å². The third-order valence-corrected chi connectivity index (χ3v) is 3.90. The zero-order valence-corrected chi connectivity index (χ0v) is 8.74. The predicted octanol–water partition coefficient (Wildman–Crippen LogP) is 2.18. The van der Waals surface area contributed by atoms with Crippen molar-refractivity contribution >= 4 is 33.0 Å². The van der Waals surface area contributed by atoms with Crippen molar-refractivity contribution in [3.05, 3.63) is 20.8 Å². The van der Waals surface area contributed by atoms with Gasteiger partial charge in [0.15, 0.2) is 5.78 Å². The van der Waals surface area contributed by atoms with Gasteiger partial charge in [0.05, 0.1) is 10.4 Å². The standard InChI is InChI=1S/C8H8BrNOS/c9-5-1-4-12-6(5)7(11)8(10)2-3-8/h1,4H,2-3,10H2. The van der Waals surface area contributed by atoms with Crippen molar-refractivity contribution < 1.29 is 4.79 Å². The molecule has 12 heavy (non-hydrogen) atoms. The van der Waals surface area contributed by atoms with Crippen LogP contribution in [-0.4, -0.2) is 11.3 Å². The smallest absolute Gasteiger partial charge is 0.193 e. The Hall–Kier alpha value is -0.190. The van der Waals surface area contributed by atoms with Crippen molar-refractivity contribution in [3.8, 4) is 0 Å². The van der Waals surface area contributed by atoms with E-state index < -0.39 is 5.54 Å². The summed E-state index contributed by atoms with van der Waals surface area (Å²) in [6.07, 6.45) is 1.66. The molecule has 2 rings (SSSR count). The summed E-state index contributed by atoms with van der Waals surface area (Å²) in [5.41, 5.74) is 5.25. The van der Waals surface area contributed by atoms with E-state index in [1.54, 1.807) is 0 Å². The zero-order chi connectivity index (χ0) is 8.77. The Kier molecular flexibility index (Phi) is 1.86. The average Bonchev–Trinajstić information content (AvgIpc) is 2.63. The first kappa shape index (κ1) is 8.41. The number of carbonyl (C=O) groups is 1. The van der Waals surface area contributed by atoms with E-state index in [1.807, 2.05) is 11.4 Å². The molecule has 0 aliphatic heterocycles. The van der Waals surface area contributed by atoms with Crippen molar-refractivity contribution in [2.45, 2.75) is 18.4 Å². The molecular formula is C8H8BrNOS. The van der Waals surface area contributed by atoms with Gasteiger partial charge in [-0.3, -0.25) is 4.79 Å². The fourth-order valence-corrected chi connectivity index (χ4v) is 2.64. The van der Waals surface area contributed by atoms with Crippen molar-refractivity contribution in [2.75, 3.05) is 0 Å². The quantitative estimate of drug-likeness (QED) is 0.813. The first-order valence-corrected chi connectivity index (χ1v) is 5.37. The third-order valence-electron chi connectivity index (χ3n) is 2.06.